The molecular weight excluding hydrogens is 176 g/mol. The molecule has 0 amide bonds. The molecule has 1 saturated carbocycles. The molecule has 0 aromatic carbocycles. The normalized spacial score (nSPS) is 24.6. The molecule has 1 fully saturated rings. The van der Waals surface area contributed by atoms with Crippen molar-refractivity contribution in [3.63, 3.8) is 0 Å². The predicted octanol–water partition coefficient (Wildman–Crippen LogP) is 0.581. The Kier molecular flexibility index (Phi) is 2.78. The van der Waals surface area contributed by atoms with Gasteiger partial charge in [0.05, 0.1) is 11.4 Å². The minimum Gasteiger partial charge on any atom is -0.392 e. The molecule has 0 bridgehead atoms. The number of aliphatic hydroxyl groups is 1. The van der Waals surface area contributed by atoms with Crippen LogP contribution in [0, 0.1) is 5.92 Å². The number of hydrogen-bond donors (Lipinski definition) is 1. The highest BCUT2D eigenvalue weighted by Gasteiger charge is 2.33. The molecule has 0 unspecified atom stereocenters. The molecule has 1 aliphatic rings. The lowest BCUT2D eigenvalue weighted by Gasteiger charge is -2.32. The van der Waals surface area contributed by atoms with E-state index in [9.17, 15) is 13.5 Å². The minimum absolute atomic E-state index is 0.217. The van der Waals surface area contributed by atoms with Crippen LogP contribution >= 0.6 is 0 Å². The van der Waals surface area contributed by atoms with Gasteiger partial charge in [0, 0.05) is 6.26 Å². The van der Waals surface area contributed by atoms with E-state index >= 15 is 0 Å². The Labute approximate surface area is 73.7 Å². The summed E-state index contributed by atoms with van der Waals surface area (Å²) in [6.45, 7) is 1.58. The standard InChI is InChI=1S/C8H16O3S/c1-6(12(2,10)11)8(9)7-4-3-5-7/h6-9H,3-5H2,1-2H3/t6-,8-/m1/s1. The summed E-state index contributed by atoms with van der Waals surface area (Å²) in [7, 11) is -3.07. The van der Waals surface area contributed by atoms with Crippen molar-refractivity contribution in [2.24, 2.45) is 5.92 Å². The average molecular weight is 192 g/mol. The fourth-order valence-electron chi connectivity index (χ4n) is 1.42. The molecule has 0 aromatic rings. The second-order valence-corrected chi connectivity index (χ2v) is 6.12. The van der Waals surface area contributed by atoms with E-state index in [-0.39, 0.29) is 5.92 Å². The molecule has 0 saturated heterocycles. The monoisotopic (exact) mass is 192 g/mol. The molecule has 1 aliphatic carbocycles. The highest BCUT2D eigenvalue weighted by molar-refractivity contribution is 7.91. The summed E-state index contributed by atoms with van der Waals surface area (Å²) in [5.41, 5.74) is 0. The van der Waals surface area contributed by atoms with Gasteiger partial charge < -0.3 is 5.11 Å². The molecular formula is C8H16O3S. The first-order chi connectivity index (χ1) is 5.43. The SMILES string of the molecule is C[C@H]([C@@H](O)C1CCC1)S(C)(=O)=O. The second kappa shape index (κ2) is 3.34. The Bertz CT molecular complexity index is 241. The van der Waals surface area contributed by atoms with Crippen molar-refractivity contribution in [2.75, 3.05) is 6.26 Å². The molecule has 1 rings (SSSR count). The fraction of sp³-hybridized carbons (Fsp3) is 1.00. The zero-order valence-corrected chi connectivity index (χ0v) is 8.34. The Morgan fingerprint density at radius 3 is 2.17 bits per heavy atom. The zero-order chi connectivity index (χ0) is 9.35. The van der Waals surface area contributed by atoms with Crippen molar-refractivity contribution >= 4 is 9.84 Å². The first-order valence-electron chi connectivity index (χ1n) is 4.30. The maximum atomic E-state index is 11.1. The Hall–Kier alpha value is -0.0900. The van der Waals surface area contributed by atoms with E-state index < -0.39 is 21.2 Å². The quantitative estimate of drug-likeness (QED) is 0.711. The molecule has 0 spiro atoms. The summed E-state index contributed by atoms with van der Waals surface area (Å²) in [6.07, 6.45) is 3.59. The van der Waals surface area contributed by atoms with Crippen molar-refractivity contribution in [3.8, 4) is 0 Å². The summed E-state index contributed by atoms with van der Waals surface area (Å²) < 4.78 is 22.1. The topological polar surface area (TPSA) is 54.4 Å². The maximum Gasteiger partial charge on any atom is 0.152 e. The molecule has 0 heterocycles. The largest absolute Gasteiger partial charge is 0.392 e. The Morgan fingerprint density at radius 1 is 1.42 bits per heavy atom. The molecule has 3 nitrogen and oxygen atoms in total. The number of aliphatic hydroxyl groups excluding tert-OH is 1. The molecule has 0 aliphatic heterocycles. The van der Waals surface area contributed by atoms with E-state index in [1.807, 2.05) is 0 Å². The van der Waals surface area contributed by atoms with E-state index in [0.717, 1.165) is 19.3 Å². The van der Waals surface area contributed by atoms with Crippen LogP contribution in [0.3, 0.4) is 0 Å². The summed E-state index contributed by atoms with van der Waals surface area (Å²) in [4.78, 5) is 0. The molecule has 4 heteroatoms. The summed E-state index contributed by atoms with van der Waals surface area (Å²) in [5, 5.41) is 8.99. The fourth-order valence-corrected chi connectivity index (χ4v) is 2.15. The van der Waals surface area contributed by atoms with Crippen molar-refractivity contribution in [2.45, 2.75) is 37.5 Å². The highest BCUT2D eigenvalue weighted by Crippen LogP contribution is 2.32. The van der Waals surface area contributed by atoms with Crippen LogP contribution in [0.5, 0.6) is 0 Å². The summed E-state index contributed by atoms with van der Waals surface area (Å²) in [5.74, 6) is 0.217. The van der Waals surface area contributed by atoms with E-state index in [4.69, 9.17) is 0 Å². The van der Waals surface area contributed by atoms with Crippen LogP contribution in [0.25, 0.3) is 0 Å². The van der Waals surface area contributed by atoms with E-state index in [2.05, 4.69) is 0 Å². The smallest absolute Gasteiger partial charge is 0.152 e. The van der Waals surface area contributed by atoms with Crippen molar-refractivity contribution in [1.82, 2.24) is 0 Å². The van der Waals surface area contributed by atoms with E-state index in [1.165, 1.54) is 6.26 Å². The first kappa shape index (κ1) is 9.99. The summed E-state index contributed by atoms with van der Waals surface area (Å²) >= 11 is 0. The van der Waals surface area contributed by atoms with Crippen molar-refractivity contribution in [3.05, 3.63) is 0 Å². The second-order valence-electron chi connectivity index (χ2n) is 3.72. The van der Waals surface area contributed by atoms with Gasteiger partial charge >= 0.3 is 0 Å². The van der Waals surface area contributed by atoms with Gasteiger partial charge in [0.2, 0.25) is 0 Å². The molecule has 12 heavy (non-hydrogen) atoms. The van der Waals surface area contributed by atoms with Crippen LogP contribution in [0.4, 0.5) is 0 Å². The van der Waals surface area contributed by atoms with E-state index in [0.29, 0.717) is 0 Å². The third-order valence-corrected chi connectivity index (χ3v) is 4.42. The van der Waals surface area contributed by atoms with Crippen LogP contribution in [0.15, 0.2) is 0 Å². The van der Waals surface area contributed by atoms with Crippen molar-refractivity contribution in [1.29, 1.82) is 0 Å². The maximum absolute atomic E-state index is 11.1. The lowest BCUT2D eigenvalue weighted by molar-refractivity contribution is 0.0622. The van der Waals surface area contributed by atoms with Crippen LogP contribution in [0.2, 0.25) is 0 Å². The van der Waals surface area contributed by atoms with Crippen LogP contribution in [-0.4, -0.2) is 31.1 Å². The van der Waals surface area contributed by atoms with Gasteiger partial charge in [-0.15, -0.1) is 0 Å². The zero-order valence-electron chi connectivity index (χ0n) is 7.53. The molecule has 0 radical (unpaired) electrons. The minimum atomic E-state index is -3.07. The predicted molar refractivity (Wildman–Crippen MR) is 47.7 cm³/mol. The number of rotatable bonds is 3. The molecule has 72 valence electrons. The Balaban J connectivity index is 2.57. The third kappa shape index (κ3) is 1.98. The lowest BCUT2D eigenvalue weighted by atomic mass is 9.80. The average Bonchev–Trinajstić information content (AvgIpc) is 1.79. The van der Waals surface area contributed by atoms with Gasteiger partial charge in [0.15, 0.2) is 9.84 Å². The summed E-state index contributed by atoms with van der Waals surface area (Å²) in [6, 6.07) is 0. The Morgan fingerprint density at radius 2 is 1.92 bits per heavy atom. The third-order valence-electron chi connectivity index (χ3n) is 2.79. The lowest BCUT2D eigenvalue weighted by Crippen LogP contribution is -2.39. The van der Waals surface area contributed by atoms with Gasteiger partial charge in [-0.25, -0.2) is 8.42 Å². The van der Waals surface area contributed by atoms with Crippen LogP contribution in [-0.2, 0) is 9.84 Å². The van der Waals surface area contributed by atoms with Crippen molar-refractivity contribution < 1.29 is 13.5 Å². The van der Waals surface area contributed by atoms with Gasteiger partial charge in [-0.1, -0.05) is 6.42 Å². The van der Waals surface area contributed by atoms with Gasteiger partial charge in [-0.2, -0.15) is 0 Å². The molecule has 0 aromatic heterocycles. The number of sulfone groups is 1. The van der Waals surface area contributed by atoms with Gasteiger partial charge in [-0.05, 0) is 25.7 Å². The van der Waals surface area contributed by atoms with E-state index in [1.54, 1.807) is 6.92 Å². The van der Waals surface area contributed by atoms with Crippen LogP contribution in [0.1, 0.15) is 26.2 Å². The van der Waals surface area contributed by atoms with Gasteiger partial charge in [0.1, 0.15) is 0 Å². The van der Waals surface area contributed by atoms with Gasteiger partial charge in [0.25, 0.3) is 0 Å². The highest BCUT2D eigenvalue weighted by atomic mass is 32.2. The van der Waals surface area contributed by atoms with Crippen LogP contribution < -0.4 is 0 Å². The molecule has 2 atom stereocenters. The molecule has 1 N–H and O–H groups in total. The van der Waals surface area contributed by atoms with Gasteiger partial charge in [-0.3, -0.25) is 0 Å². The first-order valence-corrected chi connectivity index (χ1v) is 6.25. The number of hydrogen-bond acceptors (Lipinski definition) is 3.